The van der Waals surface area contributed by atoms with Gasteiger partial charge in [0.1, 0.15) is 42.8 Å². The number of urea groups is 1. The number of rotatable bonds is 16. The Morgan fingerprint density at radius 2 is 1.04 bits per heavy atom. The van der Waals surface area contributed by atoms with Gasteiger partial charge in [0.25, 0.3) is 11.8 Å². The van der Waals surface area contributed by atoms with Crippen molar-refractivity contribution in [2.45, 2.75) is 152 Å². The molecule has 0 bridgehead atoms. The Labute approximate surface area is 525 Å². The highest BCUT2D eigenvalue weighted by molar-refractivity contribution is 7.89. The van der Waals surface area contributed by atoms with Crippen molar-refractivity contribution in [2.24, 2.45) is 0 Å². The molecule has 0 spiro atoms. The standard InChI is InChI=1S/C26H34N8O7S.C22H24N6O6.C10H16N2O2S/c1-7-27-23(35)19-18-20(41-26(4,5)40-18)24(39-19)34-13-30-17-21(28-12-29-22(17)34)32-25(36)31-15-9-8-10-16(11-15)42(37,38)33(6)14(2)3;1-4-23-19(29)15-14-16(34-22(2,3)33-14)20(32-15)28-11-26-13-17(24-10-25-18(13)28)27-21(30)31-12-8-6-5-7-9-12;1-8(2)12(3)15(13,14)10-6-4-5-9(11)7-10/h8-14,18-20,24H,7H2,1-6H3,(H,27,35)(H2,28,29,31,32,36);5-11,14-16,20H,4H2,1-3H3,(H,23,29)(H,24,25,27,30);4-8H,11H2,1-3H3/t18?,19-,20?,24+;14?,15-,16?,20+;/m00./s1. The molecule has 0 radical (unpaired) electrons. The van der Waals surface area contributed by atoms with Gasteiger partial charge in [-0.3, -0.25) is 29.4 Å². The van der Waals surface area contributed by atoms with E-state index in [0.29, 0.717) is 41.3 Å². The highest BCUT2D eigenvalue weighted by Gasteiger charge is 2.60. The number of benzene rings is 3. The summed E-state index contributed by atoms with van der Waals surface area (Å²) in [4.78, 5) is 76.6. The molecule has 4 aromatic heterocycles. The van der Waals surface area contributed by atoms with Gasteiger partial charge in [-0.2, -0.15) is 8.61 Å². The lowest BCUT2D eigenvalue weighted by Crippen LogP contribution is -2.42. The molecule has 0 aliphatic carbocycles. The van der Waals surface area contributed by atoms with Crippen molar-refractivity contribution in [1.29, 1.82) is 0 Å². The van der Waals surface area contributed by atoms with E-state index in [1.807, 2.05) is 33.8 Å². The molecule has 4 aliphatic heterocycles. The fraction of sp³-hybridized carbons (Fsp3) is 0.448. The Morgan fingerprint density at radius 1 is 0.593 bits per heavy atom. The SMILES string of the molecule is CC(C)N(C)S(=O)(=O)c1cccc(N)c1.CCNC(=O)[C@H]1O[C@@H](n2cnc3c(NC(=O)Nc4cccc(S(=O)(=O)N(C)C(C)C)c4)ncnc32)C2OC(C)(C)OC21.CCNC(=O)[C@H]1O[C@@H](n2cnc3c(NC(=O)Oc4ccccc4)ncnc32)C2OC(C)(C)OC21. The lowest BCUT2D eigenvalue weighted by molar-refractivity contribution is -0.198. The highest BCUT2D eigenvalue weighted by Crippen LogP contribution is 2.46. The van der Waals surface area contributed by atoms with Crippen LogP contribution in [0.1, 0.15) is 81.7 Å². The van der Waals surface area contributed by atoms with E-state index >= 15 is 0 Å². The fourth-order valence-electron chi connectivity index (χ4n) is 10.1. The first-order valence-corrected chi connectivity index (χ1v) is 31.9. The molecule has 488 valence electrons. The Morgan fingerprint density at radius 3 is 1.51 bits per heavy atom. The first-order chi connectivity index (χ1) is 43.0. The van der Waals surface area contributed by atoms with Crippen LogP contribution in [0.2, 0.25) is 0 Å². The third-order valence-corrected chi connectivity index (χ3v) is 18.8. The number of imidazole rings is 2. The number of fused-ring (bicyclic) bond motifs is 4. The minimum atomic E-state index is -3.74. The van der Waals surface area contributed by atoms with Crippen LogP contribution in [0.15, 0.2) is 114 Å². The number of ether oxygens (including phenoxy) is 7. The van der Waals surface area contributed by atoms with Crippen LogP contribution >= 0.6 is 0 Å². The van der Waals surface area contributed by atoms with Gasteiger partial charge >= 0.3 is 12.1 Å². The Hall–Kier alpha value is -8.38. The van der Waals surface area contributed by atoms with Crippen LogP contribution in [-0.2, 0) is 58.1 Å². The molecule has 5 amide bonds. The number of sulfonamides is 2. The average molecular weight is 1300 g/mol. The molecule has 11 rings (SSSR count). The second-order valence-electron chi connectivity index (χ2n) is 22.6. The molecular formula is C58H74N16O15S2. The van der Waals surface area contributed by atoms with Gasteiger partial charge in [-0.25, -0.2) is 56.3 Å². The van der Waals surface area contributed by atoms with Crippen LogP contribution in [0.4, 0.5) is 32.6 Å². The quantitative estimate of drug-likeness (QED) is 0.0665. The van der Waals surface area contributed by atoms with E-state index in [-0.39, 0.29) is 56.5 Å². The van der Waals surface area contributed by atoms with Crippen molar-refractivity contribution in [3.05, 3.63) is 104 Å². The summed E-state index contributed by atoms with van der Waals surface area (Å²) in [7, 11) is -4.10. The molecule has 0 saturated carbocycles. The van der Waals surface area contributed by atoms with Crippen LogP contribution in [0.25, 0.3) is 22.3 Å². The molecule has 3 aromatic carbocycles. The molecule has 4 aliphatic rings. The lowest BCUT2D eigenvalue weighted by Gasteiger charge is -2.24. The summed E-state index contributed by atoms with van der Waals surface area (Å²) in [5.41, 5.74) is 7.58. The zero-order chi connectivity index (χ0) is 65.9. The van der Waals surface area contributed by atoms with Crippen LogP contribution in [0, 0.1) is 0 Å². The van der Waals surface area contributed by atoms with Gasteiger partial charge in [-0.15, -0.1) is 0 Å². The topological polar surface area (TPSA) is 381 Å². The summed E-state index contributed by atoms with van der Waals surface area (Å²) >= 11 is 0. The summed E-state index contributed by atoms with van der Waals surface area (Å²) in [5.74, 6) is -1.76. The molecule has 31 nitrogen and oxygen atoms in total. The van der Waals surface area contributed by atoms with Crippen molar-refractivity contribution in [3.8, 4) is 5.75 Å². The molecule has 7 N–H and O–H groups in total. The molecule has 33 heteroatoms. The minimum Gasteiger partial charge on any atom is -0.410 e. The first kappa shape index (κ1) is 67.0. The van der Waals surface area contributed by atoms with Gasteiger partial charge in [-0.05, 0) is 118 Å². The number of anilines is 4. The third kappa shape index (κ3) is 14.7. The number of nitrogens with zero attached hydrogens (tertiary/aromatic N) is 10. The van der Waals surface area contributed by atoms with Crippen molar-refractivity contribution < 1.29 is 69.2 Å². The zero-order valence-electron chi connectivity index (χ0n) is 52.0. The number of carbonyl (C=O) groups excluding carboxylic acids is 4. The van der Waals surface area contributed by atoms with Crippen molar-refractivity contribution in [3.63, 3.8) is 0 Å². The summed E-state index contributed by atoms with van der Waals surface area (Å²) < 4.78 is 97.2. The van der Waals surface area contributed by atoms with Crippen LogP contribution in [0.3, 0.4) is 0 Å². The number of hydrogen-bond donors (Lipinski definition) is 6. The second kappa shape index (κ2) is 27.2. The molecule has 91 heavy (non-hydrogen) atoms. The molecular weight excluding hydrogens is 1220 g/mol. The van der Waals surface area contributed by atoms with Gasteiger partial charge in [-0.1, -0.05) is 30.3 Å². The van der Waals surface area contributed by atoms with E-state index in [9.17, 15) is 36.0 Å². The maximum atomic E-state index is 12.9. The van der Waals surface area contributed by atoms with E-state index in [0.717, 1.165) is 0 Å². The highest BCUT2D eigenvalue weighted by atomic mass is 32.2. The number of hydrogen-bond acceptors (Lipinski definition) is 22. The average Bonchev–Trinajstić information content (AvgIpc) is 1.61. The number of nitrogens with one attached hydrogen (secondary N) is 5. The summed E-state index contributed by atoms with van der Waals surface area (Å²) in [6, 6.07) is 19.9. The largest absolute Gasteiger partial charge is 0.418 e. The zero-order valence-corrected chi connectivity index (χ0v) is 53.6. The predicted octanol–water partition coefficient (Wildman–Crippen LogP) is 5.34. The predicted molar refractivity (Wildman–Crippen MR) is 330 cm³/mol. The fourth-order valence-corrected chi connectivity index (χ4v) is 13.0. The number of nitrogens with two attached hydrogens (primary N) is 1. The van der Waals surface area contributed by atoms with E-state index < -0.39 is 92.8 Å². The molecule has 7 aromatic rings. The summed E-state index contributed by atoms with van der Waals surface area (Å²) in [5, 5.41) is 13.4. The number of nitrogen functional groups attached to an aromatic ring is 1. The number of aromatic nitrogens is 8. The molecule has 4 fully saturated rings. The number of para-hydroxylation sites is 1. The van der Waals surface area contributed by atoms with Crippen molar-refractivity contribution >= 4 is 89.3 Å². The maximum Gasteiger partial charge on any atom is 0.418 e. The number of likely N-dealkylation sites (N-methyl/N-ethyl adjacent to an activating group) is 2. The normalized spacial score (nSPS) is 22.2. The molecule has 4 unspecified atom stereocenters. The Bertz CT molecular complexity index is 4020. The molecule has 8 heterocycles. The second-order valence-corrected chi connectivity index (χ2v) is 26.6. The Kier molecular flexibility index (Phi) is 20.0. The summed E-state index contributed by atoms with van der Waals surface area (Å²) in [6.07, 6.45) is -0.958. The molecule has 8 atom stereocenters. The maximum absolute atomic E-state index is 12.9. The summed E-state index contributed by atoms with van der Waals surface area (Å²) in [6.45, 7) is 18.8. The smallest absolute Gasteiger partial charge is 0.410 e. The van der Waals surface area contributed by atoms with Gasteiger partial charge in [0.15, 0.2) is 70.2 Å². The Balaban J connectivity index is 0.000000178. The lowest BCUT2D eigenvalue weighted by atomic mass is 10.1. The monoisotopic (exact) mass is 1300 g/mol. The minimum absolute atomic E-state index is 0.0433. The van der Waals surface area contributed by atoms with Crippen LogP contribution in [-0.4, -0.2) is 176 Å². The van der Waals surface area contributed by atoms with Crippen molar-refractivity contribution in [1.82, 2.24) is 58.3 Å². The molecule has 4 saturated heterocycles. The first-order valence-electron chi connectivity index (χ1n) is 29.0. The number of carbonyl (C=O) groups is 4. The van der Waals surface area contributed by atoms with E-state index in [1.54, 1.807) is 112 Å². The van der Waals surface area contributed by atoms with Gasteiger partial charge < -0.3 is 54.8 Å². The van der Waals surface area contributed by atoms with Crippen LogP contribution < -0.4 is 37.1 Å². The van der Waals surface area contributed by atoms with E-state index in [4.69, 9.17) is 38.9 Å². The third-order valence-electron chi connectivity index (χ3n) is 14.7. The number of amides is 5. The van der Waals surface area contributed by atoms with Gasteiger partial charge in [0, 0.05) is 50.6 Å². The van der Waals surface area contributed by atoms with Crippen molar-refractivity contribution in [2.75, 3.05) is 48.9 Å². The van der Waals surface area contributed by atoms with E-state index in [1.165, 1.54) is 59.2 Å². The van der Waals surface area contributed by atoms with Gasteiger partial charge in [0.2, 0.25) is 20.0 Å². The van der Waals surface area contributed by atoms with Gasteiger partial charge in [0.05, 0.1) is 22.4 Å². The van der Waals surface area contributed by atoms with E-state index in [2.05, 4.69) is 56.5 Å². The van der Waals surface area contributed by atoms with Crippen LogP contribution in [0.5, 0.6) is 5.75 Å².